The van der Waals surface area contributed by atoms with Crippen molar-refractivity contribution in [1.29, 1.82) is 0 Å². The zero-order valence-electron chi connectivity index (χ0n) is 12.2. The number of nitrogens with one attached hydrogen (secondary N) is 1. The number of fused-ring (bicyclic) bond motifs is 1. The van der Waals surface area contributed by atoms with E-state index in [9.17, 15) is 0 Å². The summed E-state index contributed by atoms with van der Waals surface area (Å²) in [5.74, 6) is 0. The summed E-state index contributed by atoms with van der Waals surface area (Å²) in [6.07, 6.45) is 8.27. The van der Waals surface area contributed by atoms with Crippen LogP contribution in [0.1, 0.15) is 52.4 Å². The molecule has 18 heavy (non-hydrogen) atoms. The van der Waals surface area contributed by atoms with Crippen LogP contribution < -0.4 is 5.32 Å². The fourth-order valence-electron chi connectivity index (χ4n) is 3.21. The predicted molar refractivity (Wildman–Crippen MR) is 75.9 cm³/mol. The third kappa shape index (κ3) is 3.94. The fourth-order valence-corrected chi connectivity index (χ4v) is 3.21. The lowest BCUT2D eigenvalue weighted by atomic mass is 9.98. The highest BCUT2D eigenvalue weighted by Crippen LogP contribution is 2.20. The summed E-state index contributed by atoms with van der Waals surface area (Å²) in [6, 6.07) is 1.33. The molecule has 2 saturated heterocycles. The maximum absolute atomic E-state index is 6.01. The predicted octanol–water partition coefficient (Wildman–Crippen LogP) is 2.41. The summed E-state index contributed by atoms with van der Waals surface area (Å²) in [4.78, 5) is 2.64. The summed E-state index contributed by atoms with van der Waals surface area (Å²) >= 11 is 0. The first kappa shape index (κ1) is 14.3. The molecule has 1 N–H and O–H groups in total. The number of likely N-dealkylation sites (tertiary alicyclic amines) is 1. The number of piperidine rings is 1. The van der Waals surface area contributed by atoms with Crippen molar-refractivity contribution >= 4 is 0 Å². The van der Waals surface area contributed by atoms with E-state index in [0.717, 1.165) is 25.7 Å². The van der Waals surface area contributed by atoms with Crippen molar-refractivity contribution in [2.24, 2.45) is 0 Å². The lowest BCUT2D eigenvalue weighted by molar-refractivity contribution is -0.0199. The molecule has 0 spiro atoms. The first-order valence-electron chi connectivity index (χ1n) is 7.90. The highest BCUT2D eigenvalue weighted by Gasteiger charge is 2.32. The first-order chi connectivity index (χ1) is 8.81. The molecule has 2 aliphatic rings. The molecule has 106 valence electrons. The molecule has 2 aliphatic heterocycles. The Hall–Kier alpha value is -0.120. The Morgan fingerprint density at radius 2 is 2.28 bits per heavy atom. The molecule has 3 atom stereocenters. The third-order valence-electron chi connectivity index (χ3n) is 4.50. The molecular formula is C15H30N2O. The van der Waals surface area contributed by atoms with E-state index in [-0.39, 0.29) is 0 Å². The van der Waals surface area contributed by atoms with E-state index < -0.39 is 0 Å². The lowest BCUT2D eigenvalue weighted by Crippen LogP contribution is -2.54. The molecule has 0 radical (unpaired) electrons. The van der Waals surface area contributed by atoms with Crippen molar-refractivity contribution in [3.63, 3.8) is 0 Å². The molecule has 3 heteroatoms. The van der Waals surface area contributed by atoms with Gasteiger partial charge in [-0.3, -0.25) is 4.90 Å². The van der Waals surface area contributed by atoms with Crippen molar-refractivity contribution in [2.45, 2.75) is 70.6 Å². The van der Waals surface area contributed by atoms with Crippen LogP contribution in [-0.2, 0) is 4.74 Å². The number of unbranched alkanes of at least 4 members (excludes halogenated alkanes) is 2. The minimum atomic E-state index is 0.426. The van der Waals surface area contributed by atoms with Crippen molar-refractivity contribution in [3.8, 4) is 0 Å². The molecule has 0 aromatic carbocycles. The first-order valence-corrected chi connectivity index (χ1v) is 7.90. The summed E-state index contributed by atoms with van der Waals surface area (Å²) in [5, 5.41) is 3.64. The Labute approximate surface area is 112 Å². The van der Waals surface area contributed by atoms with Crippen LogP contribution in [0.5, 0.6) is 0 Å². The molecule has 3 nitrogen and oxygen atoms in total. The smallest absolute Gasteiger partial charge is 0.0855 e. The monoisotopic (exact) mass is 254 g/mol. The Balaban J connectivity index is 1.77. The summed E-state index contributed by atoms with van der Waals surface area (Å²) < 4.78 is 6.01. The maximum Gasteiger partial charge on any atom is 0.0855 e. The molecule has 0 aliphatic carbocycles. The molecule has 1 unspecified atom stereocenters. The van der Waals surface area contributed by atoms with Gasteiger partial charge in [0.2, 0.25) is 0 Å². The van der Waals surface area contributed by atoms with Gasteiger partial charge in [-0.15, -0.1) is 0 Å². The van der Waals surface area contributed by atoms with Crippen LogP contribution in [0.15, 0.2) is 0 Å². The van der Waals surface area contributed by atoms with Gasteiger partial charge < -0.3 is 10.1 Å². The minimum absolute atomic E-state index is 0.426. The maximum atomic E-state index is 6.01. The highest BCUT2D eigenvalue weighted by atomic mass is 16.5. The summed E-state index contributed by atoms with van der Waals surface area (Å²) in [7, 11) is 0. The van der Waals surface area contributed by atoms with E-state index in [2.05, 4.69) is 24.1 Å². The largest absolute Gasteiger partial charge is 0.375 e. The van der Waals surface area contributed by atoms with Gasteiger partial charge in [-0.25, -0.2) is 0 Å². The van der Waals surface area contributed by atoms with Gasteiger partial charge in [0.05, 0.1) is 6.10 Å². The van der Waals surface area contributed by atoms with Crippen molar-refractivity contribution in [3.05, 3.63) is 0 Å². The summed E-state index contributed by atoms with van der Waals surface area (Å²) in [5.41, 5.74) is 0. The highest BCUT2D eigenvalue weighted by molar-refractivity contribution is 4.89. The average Bonchev–Trinajstić information content (AvgIpc) is 2.63. The quantitative estimate of drug-likeness (QED) is 0.763. The normalized spacial score (nSPS) is 31.7. The van der Waals surface area contributed by atoms with Crippen molar-refractivity contribution in [1.82, 2.24) is 10.2 Å². The number of hydrogen-bond donors (Lipinski definition) is 1. The Morgan fingerprint density at radius 3 is 3.11 bits per heavy atom. The Bertz CT molecular complexity index is 235. The lowest BCUT2D eigenvalue weighted by Gasteiger charge is -2.40. The Morgan fingerprint density at radius 1 is 1.39 bits per heavy atom. The third-order valence-corrected chi connectivity index (χ3v) is 4.50. The van der Waals surface area contributed by atoms with Gasteiger partial charge in [0.25, 0.3) is 0 Å². The van der Waals surface area contributed by atoms with Gasteiger partial charge in [-0.2, -0.15) is 0 Å². The number of nitrogens with zero attached hydrogens (tertiary/aromatic N) is 1. The van der Waals surface area contributed by atoms with Crippen LogP contribution in [0.3, 0.4) is 0 Å². The van der Waals surface area contributed by atoms with Crippen LogP contribution >= 0.6 is 0 Å². The van der Waals surface area contributed by atoms with Crippen LogP contribution in [0.25, 0.3) is 0 Å². The van der Waals surface area contributed by atoms with Crippen molar-refractivity contribution < 1.29 is 4.74 Å². The molecule has 0 bridgehead atoms. The average molecular weight is 254 g/mol. The van der Waals surface area contributed by atoms with E-state index in [1.807, 2.05) is 0 Å². The van der Waals surface area contributed by atoms with Crippen molar-refractivity contribution in [2.75, 3.05) is 26.2 Å². The van der Waals surface area contributed by atoms with Crippen LogP contribution in [0, 0.1) is 0 Å². The van der Waals surface area contributed by atoms with E-state index in [4.69, 9.17) is 4.74 Å². The van der Waals surface area contributed by atoms with Gasteiger partial charge in [-0.1, -0.05) is 26.2 Å². The van der Waals surface area contributed by atoms with Gasteiger partial charge in [0, 0.05) is 31.8 Å². The Kier molecular flexibility index (Phi) is 5.93. The zero-order chi connectivity index (χ0) is 12.8. The van der Waals surface area contributed by atoms with Gasteiger partial charge in [0.15, 0.2) is 0 Å². The van der Waals surface area contributed by atoms with E-state index >= 15 is 0 Å². The molecule has 0 amide bonds. The topological polar surface area (TPSA) is 24.5 Å². The summed E-state index contributed by atoms with van der Waals surface area (Å²) in [6.45, 7) is 9.11. The molecule has 0 aromatic rings. The van der Waals surface area contributed by atoms with Crippen LogP contribution in [-0.4, -0.2) is 49.3 Å². The molecule has 0 aromatic heterocycles. The van der Waals surface area contributed by atoms with E-state index in [0.29, 0.717) is 12.1 Å². The SMILES string of the molecule is CCCCCC(C)N1CC[C@H]2NCCCO[C@@H]2C1. The number of ether oxygens (including phenoxy) is 1. The molecule has 2 heterocycles. The number of hydrogen-bond acceptors (Lipinski definition) is 3. The van der Waals surface area contributed by atoms with Gasteiger partial charge >= 0.3 is 0 Å². The second-order valence-electron chi connectivity index (χ2n) is 5.95. The van der Waals surface area contributed by atoms with Gasteiger partial charge in [-0.05, 0) is 32.7 Å². The molecule has 0 saturated carbocycles. The minimum Gasteiger partial charge on any atom is -0.375 e. The second-order valence-corrected chi connectivity index (χ2v) is 5.95. The molecule has 2 rings (SSSR count). The molecule has 2 fully saturated rings. The second kappa shape index (κ2) is 7.46. The standard InChI is InChI=1S/C15H30N2O/c1-3-4-5-7-13(2)17-10-8-14-15(12-17)18-11-6-9-16-14/h13-16H,3-12H2,1-2H3/t13?,14-,15-/m1/s1. The van der Waals surface area contributed by atoms with Crippen LogP contribution in [0.4, 0.5) is 0 Å². The van der Waals surface area contributed by atoms with Crippen LogP contribution in [0.2, 0.25) is 0 Å². The zero-order valence-corrected chi connectivity index (χ0v) is 12.2. The fraction of sp³-hybridized carbons (Fsp3) is 1.00. The van der Waals surface area contributed by atoms with Gasteiger partial charge in [0.1, 0.15) is 0 Å². The van der Waals surface area contributed by atoms with E-state index in [1.165, 1.54) is 45.1 Å². The molecular weight excluding hydrogens is 224 g/mol. The number of rotatable bonds is 5. The van der Waals surface area contributed by atoms with E-state index in [1.54, 1.807) is 0 Å².